The van der Waals surface area contributed by atoms with E-state index in [0.717, 1.165) is 23.4 Å². The Morgan fingerprint density at radius 2 is 1.83 bits per heavy atom. The third-order valence-corrected chi connectivity index (χ3v) is 5.14. The topological polar surface area (TPSA) is 66.5 Å². The van der Waals surface area contributed by atoms with Crippen LogP contribution in [0.1, 0.15) is 40.0 Å². The van der Waals surface area contributed by atoms with Crippen LogP contribution < -0.4 is 9.62 Å². The lowest BCUT2D eigenvalue weighted by molar-refractivity contribution is -0.123. The van der Waals surface area contributed by atoms with Crippen molar-refractivity contribution in [1.82, 2.24) is 5.32 Å². The van der Waals surface area contributed by atoms with Gasteiger partial charge in [0.2, 0.25) is 15.9 Å². The molecule has 0 aliphatic rings. The molecule has 0 saturated heterocycles. The number of amides is 1. The maximum Gasteiger partial charge on any atom is 0.244 e. The zero-order valence-electron chi connectivity index (χ0n) is 14.0. The van der Waals surface area contributed by atoms with E-state index in [2.05, 4.69) is 5.32 Å². The van der Waals surface area contributed by atoms with E-state index in [-0.39, 0.29) is 11.9 Å². The molecule has 1 atom stereocenters. The Morgan fingerprint density at radius 3 is 2.26 bits per heavy atom. The van der Waals surface area contributed by atoms with E-state index in [1.165, 1.54) is 0 Å². The van der Waals surface area contributed by atoms with Crippen LogP contribution in [0.5, 0.6) is 0 Å². The molecule has 0 heterocycles. The molecule has 0 radical (unpaired) electrons. The van der Waals surface area contributed by atoms with E-state index >= 15 is 0 Å². The number of hydrogen-bond donors (Lipinski definition) is 1. The van der Waals surface area contributed by atoms with E-state index < -0.39 is 16.1 Å². The zero-order valence-corrected chi connectivity index (χ0v) is 15.6. The molecule has 23 heavy (non-hydrogen) atoms. The lowest BCUT2D eigenvalue weighted by atomic mass is 10.1. The molecule has 1 aromatic carbocycles. The molecule has 1 N–H and O–H groups in total. The van der Waals surface area contributed by atoms with Gasteiger partial charge in [0.25, 0.3) is 0 Å². The summed E-state index contributed by atoms with van der Waals surface area (Å²) in [5.41, 5.74) is 0.395. The maximum absolute atomic E-state index is 12.6. The second-order valence-corrected chi connectivity index (χ2v) is 7.78. The van der Waals surface area contributed by atoms with Gasteiger partial charge in [-0.25, -0.2) is 8.42 Å². The monoisotopic (exact) mass is 360 g/mol. The number of carbonyl (C=O) groups is 1. The Hall–Kier alpha value is -1.27. The molecule has 0 aliphatic heterocycles. The normalized spacial score (nSPS) is 13.0. The maximum atomic E-state index is 12.6. The number of hydrogen-bond acceptors (Lipinski definition) is 3. The highest BCUT2D eigenvalue weighted by molar-refractivity contribution is 7.92. The third-order valence-electron chi connectivity index (χ3n) is 3.72. The summed E-state index contributed by atoms with van der Waals surface area (Å²) in [6.07, 6.45) is 3.07. The van der Waals surface area contributed by atoms with E-state index in [1.54, 1.807) is 31.2 Å². The van der Waals surface area contributed by atoms with Gasteiger partial charge in [0, 0.05) is 11.1 Å². The molecule has 1 rings (SSSR count). The minimum Gasteiger partial charge on any atom is -0.352 e. The van der Waals surface area contributed by atoms with Gasteiger partial charge in [0.05, 0.1) is 11.9 Å². The number of halogens is 1. The van der Waals surface area contributed by atoms with Crippen molar-refractivity contribution >= 4 is 33.2 Å². The molecule has 7 heteroatoms. The molecule has 1 unspecified atom stereocenters. The van der Waals surface area contributed by atoms with Gasteiger partial charge in [-0.05, 0) is 37.5 Å². The summed E-state index contributed by atoms with van der Waals surface area (Å²) in [6, 6.07) is 5.76. The number of rotatable bonds is 8. The molecule has 1 aromatic rings. The summed E-state index contributed by atoms with van der Waals surface area (Å²) >= 11 is 5.97. The smallest absolute Gasteiger partial charge is 0.244 e. The van der Waals surface area contributed by atoms with Gasteiger partial charge in [-0.1, -0.05) is 38.4 Å². The Balaban J connectivity index is 3.21. The second kappa shape index (κ2) is 8.55. The zero-order chi connectivity index (χ0) is 17.6. The molecular weight excluding hydrogens is 336 g/mol. The highest BCUT2D eigenvalue weighted by Gasteiger charge is 2.32. The van der Waals surface area contributed by atoms with Crippen LogP contribution in [-0.2, 0) is 14.8 Å². The highest BCUT2D eigenvalue weighted by atomic mass is 35.5. The second-order valence-electron chi connectivity index (χ2n) is 5.48. The van der Waals surface area contributed by atoms with Crippen molar-refractivity contribution in [3.05, 3.63) is 29.3 Å². The largest absolute Gasteiger partial charge is 0.352 e. The Kier molecular flexibility index (Phi) is 7.35. The van der Waals surface area contributed by atoms with Gasteiger partial charge in [-0.2, -0.15) is 0 Å². The predicted octanol–water partition coefficient (Wildman–Crippen LogP) is 3.19. The van der Waals surface area contributed by atoms with Gasteiger partial charge < -0.3 is 5.32 Å². The van der Waals surface area contributed by atoms with Crippen LogP contribution in [0.25, 0.3) is 0 Å². The Labute approximate surface area is 144 Å². The van der Waals surface area contributed by atoms with Crippen LogP contribution in [0.15, 0.2) is 24.3 Å². The molecule has 0 saturated carbocycles. The number of sulfonamides is 1. The van der Waals surface area contributed by atoms with Crippen LogP contribution in [-0.4, -0.2) is 32.7 Å². The van der Waals surface area contributed by atoms with Crippen LogP contribution >= 0.6 is 11.6 Å². The number of benzene rings is 1. The molecule has 0 fully saturated rings. The van der Waals surface area contributed by atoms with Crippen molar-refractivity contribution in [3.8, 4) is 0 Å². The summed E-state index contributed by atoms with van der Waals surface area (Å²) < 4.78 is 25.7. The first-order valence-corrected chi connectivity index (χ1v) is 10.0. The first-order chi connectivity index (χ1) is 10.7. The van der Waals surface area contributed by atoms with Crippen molar-refractivity contribution in [2.75, 3.05) is 10.6 Å². The van der Waals surface area contributed by atoms with Crippen molar-refractivity contribution in [2.24, 2.45) is 0 Å². The average Bonchev–Trinajstić information content (AvgIpc) is 2.48. The fourth-order valence-corrected chi connectivity index (χ4v) is 3.85. The van der Waals surface area contributed by atoms with Gasteiger partial charge in [-0.3, -0.25) is 9.10 Å². The van der Waals surface area contributed by atoms with Crippen LogP contribution in [0.3, 0.4) is 0 Å². The van der Waals surface area contributed by atoms with Gasteiger partial charge in [0.1, 0.15) is 6.04 Å². The molecule has 0 spiro atoms. The molecule has 130 valence electrons. The van der Waals surface area contributed by atoms with Crippen molar-refractivity contribution in [1.29, 1.82) is 0 Å². The molecular formula is C16H25ClN2O3S. The number of carbonyl (C=O) groups excluding carboxylic acids is 1. The third kappa shape index (κ3) is 5.39. The Bertz CT molecular complexity index is 630. The van der Waals surface area contributed by atoms with Gasteiger partial charge in [-0.15, -0.1) is 0 Å². The number of nitrogens with one attached hydrogen (secondary N) is 1. The van der Waals surface area contributed by atoms with Gasteiger partial charge >= 0.3 is 0 Å². The minimum absolute atomic E-state index is 0.0392. The first-order valence-electron chi connectivity index (χ1n) is 7.79. The minimum atomic E-state index is -3.63. The summed E-state index contributed by atoms with van der Waals surface area (Å²) in [5.74, 6) is -0.286. The number of nitrogens with zero attached hydrogens (tertiary/aromatic N) is 1. The molecule has 1 amide bonds. The molecule has 5 nitrogen and oxygen atoms in total. The summed E-state index contributed by atoms with van der Waals surface area (Å²) in [4.78, 5) is 12.6. The predicted molar refractivity (Wildman–Crippen MR) is 95.4 cm³/mol. The molecule has 0 aliphatic carbocycles. The van der Waals surface area contributed by atoms with Crippen LogP contribution in [0.4, 0.5) is 5.69 Å². The SMILES string of the molecule is CCC(CC)NC(=O)C(CC)N(c1cccc(Cl)c1)S(C)(=O)=O. The first kappa shape index (κ1) is 19.8. The van der Waals surface area contributed by atoms with Crippen molar-refractivity contribution in [3.63, 3.8) is 0 Å². The lowest BCUT2D eigenvalue weighted by Gasteiger charge is -2.31. The van der Waals surface area contributed by atoms with E-state index in [4.69, 9.17) is 11.6 Å². The average molecular weight is 361 g/mol. The van der Waals surface area contributed by atoms with Crippen LogP contribution in [0, 0.1) is 0 Å². The summed E-state index contributed by atoms with van der Waals surface area (Å²) in [5, 5.41) is 3.35. The van der Waals surface area contributed by atoms with E-state index in [1.807, 2.05) is 13.8 Å². The lowest BCUT2D eigenvalue weighted by Crippen LogP contribution is -2.51. The molecule has 0 aromatic heterocycles. The van der Waals surface area contributed by atoms with Crippen LogP contribution in [0.2, 0.25) is 5.02 Å². The number of anilines is 1. The summed E-state index contributed by atoms with van der Waals surface area (Å²) in [6.45, 7) is 5.77. The highest BCUT2D eigenvalue weighted by Crippen LogP contribution is 2.25. The fourth-order valence-electron chi connectivity index (χ4n) is 2.46. The standard InChI is InChI=1S/C16H25ClN2O3S/c1-5-13(6-2)18-16(20)15(7-3)19(23(4,21)22)14-10-8-9-12(17)11-14/h8-11,13,15H,5-7H2,1-4H3,(H,18,20). The van der Waals surface area contributed by atoms with E-state index in [9.17, 15) is 13.2 Å². The van der Waals surface area contributed by atoms with Crippen molar-refractivity contribution < 1.29 is 13.2 Å². The molecule has 0 bridgehead atoms. The van der Waals surface area contributed by atoms with E-state index in [0.29, 0.717) is 17.1 Å². The Morgan fingerprint density at radius 1 is 1.22 bits per heavy atom. The van der Waals surface area contributed by atoms with Crippen molar-refractivity contribution in [2.45, 2.75) is 52.1 Å². The summed E-state index contributed by atoms with van der Waals surface area (Å²) in [7, 11) is -3.63. The quantitative estimate of drug-likeness (QED) is 0.774. The fraction of sp³-hybridized carbons (Fsp3) is 0.562. The van der Waals surface area contributed by atoms with Gasteiger partial charge in [0.15, 0.2) is 0 Å².